The van der Waals surface area contributed by atoms with Crippen molar-refractivity contribution in [1.29, 1.82) is 0 Å². The van der Waals surface area contributed by atoms with Gasteiger partial charge in [-0.05, 0) is 24.3 Å². The van der Waals surface area contributed by atoms with Crippen molar-refractivity contribution in [3.8, 4) is 11.1 Å². The van der Waals surface area contributed by atoms with Gasteiger partial charge in [0.2, 0.25) is 0 Å². The Balaban J connectivity index is 2.77. The molecule has 0 heterocycles. The molecule has 0 aromatic heterocycles. The van der Waals surface area contributed by atoms with E-state index in [0.717, 1.165) is 0 Å². The van der Waals surface area contributed by atoms with Crippen molar-refractivity contribution < 1.29 is 8.78 Å². The SMILES string of the molecule is Fc1cccc(Cl)c1-c1c(F)cccc1Cl. The second-order valence-electron chi connectivity index (χ2n) is 3.19. The van der Waals surface area contributed by atoms with Gasteiger partial charge in [0, 0.05) is 11.1 Å². The van der Waals surface area contributed by atoms with Crippen molar-refractivity contribution in [3.05, 3.63) is 58.1 Å². The van der Waals surface area contributed by atoms with Crippen LogP contribution in [0.2, 0.25) is 10.0 Å². The summed E-state index contributed by atoms with van der Waals surface area (Å²) in [4.78, 5) is 0. The van der Waals surface area contributed by atoms with E-state index in [1.807, 2.05) is 0 Å². The topological polar surface area (TPSA) is 0 Å². The first kappa shape index (κ1) is 11.4. The van der Waals surface area contributed by atoms with Crippen molar-refractivity contribution >= 4 is 23.2 Å². The van der Waals surface area contributed by atoms with Crippen LogP contribution in [0.5, 0.6) is 0 Å². The lowest BCUT2D eigenvalue weighted by Gasteiger charge is -2.08. The van der Waals surface area contributed by atoms with Gasteiger partial charge in [0.1, 0.15) is 11.6 Å². The quantitative estimate of drug-likeness (QED) is 0.680. The molecule has 0 N–H and O–H groups in total. The highest BCUT2D eigenvalue weighted by atomic mass is 35.5. The van der Waals surface area contributed by atoms with Gasteiger partial charge in [0.25, 0.3) is 0 Å². The summed E-state index contributed by atoms with van der Waals surface area (Å²) >= 11 is 11.7. The first-order valence-corrected chi connectivity index (χ1v) is 5.25. The van der Waals surface area contributed by atoms with E-state index in [4.69, 9.17) is 23.2 Å². The first-order chi connectivity index (χ1) is 7.61. The Morgan fingerprint density at radius 3 is 1.38 bits per heavy atom. The average molecular weight is 259 g/mol. The van der Waals surface area contributed by atoms with Crippen molar-refractivity contribution in [1.82, 2.24) is 0 Å². The standard InChI is InChI=1S/C12H6Cl2F2/c13-7-3-1-5-9(15)11(7)12-8(14)4-2-6-10(12)16/h1-6H. The molecule has 0 aliphatic carbocycles. The Morgan fingerprint density at radius 2 is 1.06 bits per heavy atom. The molecule has 0 saturated carbocycles. The van der Waals surface area contributed by atoms with Gasteiger partial charge in [0.15, 0.2) is 0 Å². The summed E-state index contributed by atoms with van der Waals surface area (Å²) in [6.07, 6.45) is 0. The van der Waals surface area contributed by atoms with Crippen molar-refractivity contribution in [2.45, 2.75) is 0 Å². The zero-order valence-corrected chi connectivity index (χ0v) is 9.49. The minimum atomic E-state index is -0.598. The fourth-order valence-corrected chi connectivity index (χ4v) is 1.99. The van der Waals surface area contributed by atoms with E-state index >= 15 is 0 Å². The molecule has 0 unspecified atom stereocenters. The average Bonchev–Trinajstić information content (AvgIpc) is 2.21. The van der Waals surface area contributed by atoms with Crippen LogP contribution in [0, 0.1) is 11.6 Å². The van der Waals surface area contributed by atoms with E-state index in [-0.39, 0.29) is 21.2 Å². The molecule has 82 valence electrons. The number of halogens is 4. The molecule has 2 aromatic rings. The van der Waals surface area contributed by atoms with Crippen LogP contribution in [0.4, 0.5) is 8.78 Å². The maximum Gasteiger partial charge on any atom is 0.132 e. The molecule has 2 rings (SSSR count). The van der Waals surface area contributed by atoms with Crippen LogP contribution >= 0.6 is 23.2 Å². The number of benzene rings is 2. The van der Waals surface area contributed by atoms with E-state index in [9.17, 15) is 8.78 Å². The minimum absolute atomic E-state index is 0.00716. The highest BCUT2D eigenvalue weighted by Gasteiger charge is 2.16. The van der Waals surface area contributed by atoms with E-state index in [1.54, 1.807) is 0 Å². The summed E-state index contributed by atoms with van der Waals surface area (Å²) in [7, 11) is 0. The minimum Gasteiger partial charge on any atom is -0.206 e. The normalized spacial score (nSPS) is 10.5. The monoisotopic (exact) mass is 258 g/mol. The van der Waals surface area contributed by atoms with Gasteiger partial charge in [-0.25, -0.2) is 8.78 Å². The van der Waals surface area contributed by atoms with Crippen molar-refractivity contribution in [3.63, 3.8) is 0 Å². The highest BCUT2D eigenvalue weighted by Crippen LogP contribution is 2.36. The first-order valence-electron chi connectivity index (χ1n) is 4.49. The van der Waals surface area contributed by atoms with E-state index in [2.05, 4.69) is 0 Å². The molecular formula is C12H6Cl2F2. The molecule has 16 heavy (non-hydrogen) atoms. The molecule has 0 amide bonds. The maximum absolute atomic E-state index is 13.6. The molecule has 4 heteroatoms. The van der Waals surface area contributed by atoms with E-state index in [0.29, 0.717) is 0 Å². The Morgan fingerprint density at radius 1 is 0.688 bits per heavy atom. The predicted octanol–water partition coefficient (Wildman–Crippen LogP) is 4.94. The number of hydrogen-bond donors (Lipinski definition) is 0. The summed E-state index contributed by atoms with van der Waals surface area (Å²) in [6, 6.07) is 8.31. The Labute approximate surface area is 101 Å². The lowest BCUT2D eigenvalue weighted by molar-refractivity contribution is 0.616. The third-order valence-electron chi connectivity index (χ3n) is 2.18. The summed E-state index contributed by atoms with van der Waals surface area (Å²) in [5.74, 6) is -1.20. The Hall–Kier alpha value is -1.12. The second kappa shape index (κ2) is 4.40. The number of rotatable bonds is 1. The fourth-order valence-electron chi connectivity index (χ4n) is 1.47. The molecule has 0 bridgehead atoms. The summed E-state index contributed by atoms with van der Waals surface area (Å²) in [6.45, 7) is 0. The molecule has 0 saturated heterocycles. The molecule has 0 nitrogen and oxygen atoms in total. The third kappa shape index (κ3) is 1.91. The molecule has 0 spiro atoms. The van der Waals surface area contributed by atoms with Crippen LogP contribution in [0.25, 0.3) is 11.1 Å². The van der Waals surface area contributed by atoms with Gasteiger partial charge in [-0.1, -0.05) is 35.3 Å². The van der Waals surface area contributed by atoms with E-state index < -0.39 is 11.6 Å². The third-order valence-corrected chi connectivity index (χ3v) is 2.81. The van der Waals surface area contributed by atoms with Crippen molar-refractivity contribution in [2.24, 2.45) is 0 Å². The van der Waals surface area contributed by atoms with E-state index in [1.165, 1.54) is 36.4 Å². The fraction of sp³-hybridized carbons (Fsp3) is 0. The molecule has 2 aromatic carbocycles. The summed E-state index contributed by atoms with van der Waals surface area (Å²) < 4.78 is 27.2. The van der Waals surface area contributed by atoms with Gasteiger partial charge >= 0.3 is 0 Å². The van der Waals surface area contributed by atoms with Crippen LogP contribution < -0.4 is 0 Å². The number of hydrogen-bond acceptors (Lipinski definition) is 0. The molecule has 0 aliphatic rings. The van der Waals surface area contributed by atoms with Gasteiger partial charge in [-0.3, -0.25) is 0 Å². The molecule has 0 atom stereocenters. The molecule has 0 fully saturated rings. The lowest BCUT2D eigenvalue weighted by Crippen LogP contribution is -1.90. The predicted molar refractivity (Wildman–Crippen MR) is 61.8 cm³/mol. The van der Waals surface area contributed by atoms with Gasteiger partial charge in [-0.15, -0.1) is 0 Å². The second-order valence-corrected chi connectivity index (χ2v) is 4.01. The highest BCUT2D eigenvalue weighted by molar-refractivity contribution is 6.36. The maximum atomic E-state index is 13.6. The lowest BCUT2D eigenvalue weighted by atomic mass is 10.0. The van der Waals surface area contributed by atoms with Gasteiger partial charge in [-0.2, -0.15) is 0 Å². The molecule has 0 radical (unpaired) electrons. The Kier molecular flexibility index (Phi) is 3.13. The molecule has 0 aliphatic heterocycles. The van der Waals surface area contributed by atoms with Crippen molar-refractivity contribution in [2.75, 3.05) is 0 Å². The zero-order valence-electron chi connectivity index (χ0n) is 7.98. The van der Waals surface area contributed by atoms with Crippen LogP contribution in [0.1, 0.15) is 0 Å². The van der Waals surface area contributed by atoms with Crippen LogP contribution in [0.3, 0.4) is 0 Å². The Bertz CT molecular complexity index is 449. The van der Waals surface area contributed by atoms with Crippen LogP contribution in [0.15, 0.2) is 36.4 Å². The largest absolute Gasteiger partial charge is 0.206 e. The van der Waals surface area contributed by atoms with Gasteiger partial charge in [0.05, 0.1) is 10.0 Å². The summed E-state index contributed by atoms with van der Waals surface area (Å²) in [5.41, 5.74) is -0.0143. The molecular weight excluding hydrogens is 253 g/mol. The van der Waals surface area contributed by atoms with Crippen LogP contribution in [-0.2, 0) is 0 Å². The zero-order chi connectivity index (χ0) is 11.7. The van der Waals surface area contributed by atoms with Gasteiger partial charge < -0.3 is 0 Å². The smallest absolute Gasteiger partial charge is 0.132 e. The van der Waals surface area contributed by atoms with Crippen LogP contribution in [-0.4, -0.2) is 0 Å². The summed E-state index contributed by atoms with van der Waals surface area (Å²) in [5, 5.41) is 0.263.